The molecule has 2 aromatic rings. The summed E-state index contributed by atoms with van der Waals surface area (Å²) < 4.78 is 30.7. The van der Waals surface area contributed by atoms with E-state index in [-0.39, 0.29) is 23.0 Å². The van der Waals surface area contributed by atoms with E-state index in [1.165, 1.54) is 7.11 Å². The number of aromatic nitrogens is 2. The van der Waals surface area contributed by atoms with E-state index in [0.29, 0.717) is 0 Å². The third-order valence-corrected chi connectivity index (χ3v) is 2.19. The molecule has 0 saturated heterocycles. The second-order valence-electron chi connectivity index (χ2n) is 3.23. The first-order valence-corrected chi connectivity index (χ1v) is 4.50. The van der Waals surface area contributed by atoms with Crippen LogP contribution in [0.15, 0.2) is 12.1 Å². The van der Waals surface area contributed by atoms with Crippen LogP contribution in [0.5, 0.6) is 0 Å². The Labute approximate surface area is 89.2 Å². The van der Waals surface area contributed by atoms with Crippen LogP contribution in [0, 0.1) is 11.6 Å². The number of nitrogens with zero attached hydrogens (tertiary/aromatic N) is 1. The van der Waals surface area contributed by atoms with Crippen molar-refractivity contribution in [2.75, 3.05) is 7.11 Å². The second-order valence-corrected chi connectivity index (χ2v) is 3.23. The van der Waals surface area contributed by atoms with Gasteiger partial charge in [-0.15, -0.1) is 0 Å². The zero-order valence-corrected chi connectivity index (χ0v) is 8.38. The number of hydrogen-bond acceptors (Lipinski definition) is 3. The van der Waals surface area contributed by atoms with Gasteiger partial charge in [0.25, 0.3) is 0 Å². The Bertz CT molecular complexity index is 551. The van der Waals surface area contributed by atoms with E-state index in [1.807, 2.05) is 0 Å². The van der Waals surface area contributed by atoms with Crippen molar-refractivity contribution in [3.05, 3.63) is 29.5 Å². The van der Waals surface area contributed by atoms with Gasteiger partial charge in [0.2, 0.25) is 0 Å². The van der Waals surface area contributed by atoms with Crippen LogP contribution in [0.1, 0.15) is 5.69 Å². The summed E-state index contributed by atoms with van der Waals surface area (Å²) in [5, 5.41) is 6.33. The third kappa shape index (κ3) is 1.73. The fourth-order valence-corrected chi connectivity index (χ4v) is 1.48. The lowest BCUT2D eigenvalue weighted by Crippen LogP contribution is -2.05. The molecular weight excluding hydrogens is 218 g/mol. The number of carbonyl (C=O) groups is 1. The van der Waals surface area contributed by atoms with Crippen LogP contribution in [0.4, 0.5) is 8.78 Å². The predicted molar refractivity (Wildman–Crippen MR) is 51.7 cm³/mol. The Balaban J connectivity index is 2.52. The van der Waals surface area contributed by atoms with Gasteiger partial charge < -0.3 is 4.74 Å². The zero-order chi connectivity index (χ0) is 11.7. The molecule has 1 aromatic carbocycles. The number of benzene rings is 1. The Hall–Kier alpha value is -1.98. The summed E-state index contributed by atoms with van der Waals surface area (Å²) in [6.45, 7) is 0. The van der Waals surface area contributed by atoms with E-state index in [4.69, 9.17) is 0 Å². The summed E-state index contributed by atoms with van der Waals surface area (Å²) in [4.78, 5) is 11.0. The van der Waals surface area contributed by atoms with E-state index in [9.17, 15) is 13.6 Å². The monoisotopic (exact) mass is 226 g/mol. The van der Waals surface area contributed by atoms with Crippen LogP contribution >= 0.6 is 0 Å². The molecule has 0 aliphatic carbocycles. The number of esters is 1. The maximum Gasteiger partial charge on any atom is 0.311 e. The van der Waals surface area contributed by atoms with E-state index in [0.717, 1.165) is 12.1 Å². The van der Waals surface area contributed by atoms with E-state index < -0.39 is 17.6 Å². The average Bonchev–Trinajstić information content (AvgIpc) is 2.61. The van der Waals surface area contributed by atoms with Gasteiger partial charge in [-0.25, -0.2) is 8.78 Å². The Morgan fingerprint density at radius 2 is 2.25 bits per heavy atom. The van der Waals surface area contributed by atoms with Crippen molar-refractivity contribution in [3.8, 4) is 0 Å². The fraction of sp³-hybridized carbons (Fsp3) is 0.200. The number of H-pyrrole nitrogens is 1. The molecule has 2 rings (SSSR count). The van der Waals surface area contributed by atoms with E-state index >= 15 is 0 Å². The van der Waals surface area contributed by atoms with Gasteiger partial charge in [-0.05, 0) is 6.07 Å². The minimum atomic E-state index is -0.748. The SMILES string of the molecule is COC(=O)Cc1n[nH]c2cc(F)cc(F)c12. The molecule has 0 amide bonds. The van der Waals surface area contributed by atoms with Crippen LogP contribution < -0.4 is 0 Å². The van der Waals surface area contributed by atoms with Crippen LogP contribution in [-0.2, 0) is 16.0 Å². The number of rotatable bonds is 2. The predicted octanol–water partition coefficient (Wildman–Crippen LogP) is 1.56. The number of carbonyl (C=O) groups excluding carboxylic acids is 1. The van der Waals surface area contributed by atoms with Gasteiger partial charge in [-0.1, -0.05) is 0 Å². The van der Waals surface area contributed by atoms with Crippen molar-refractivity contribution < 1.29 is 18.3 Å². The molecule has 0 unspecified atom stereocenters. The van der Waals surface area contributed by atoms with Crippen molar-refractivity contribution in [1.29, 1.82) is 0 Å². The van der Waals surface area contributed by atoms with Crippen LogP contribution in [0.2, 0.25) is 0 Å². The van der Waals surface area contributed by atoms with Gasteiger partial charge in [0, 0.05) is 6.07 Å². The summed E-state index contributed by atoms with van der Waals surface area (Å²) in [5.41, 5.74) is 0.427. The summed E-state index contributed by atoms with van der Waals surface area (Å²) in [6, 6.07) is 1.87. The van der Waals surface area contributed by atoms with Gasteiger partial charge in [0.1, 0.15) is 11.6 Å². The summed E-state index contributed by atoms with van der Waals surface area (Å²) >= 11 is 0. The Morgan fingerprint density at radius 1 is 1.50 bits per heavy atom. The number of nitrogens with one attached hydrogen (secondary N) is 1. The third-order valence-electron chi connectivity index (χ3n) is 2.19. The number of hydrogen-bond donors (Lipinski definition) is 1. The van der Waals surface area contributed by atoms with Crippen molar-refractivity contribution in [1.82, 2.24) is 10.2 Å². The number of halogens is 2. The molecule has 4 nitrogen and oxygen atoms in total. The van der Waals surface area contributed by atoms with Gasteiger partial charge in [-0.2, -0.15) is 5.10 Å². The molecule has 6 heteroatoms. The molecule has 1 aromatic heterocycles. The molecule has 84 valence electrons. The summed E-state index contributed by atoms with van der Waals surface area (Å²) in [6.07, 6.45) is -0.154. The van der Waals surface area contributed by atoms with Gasteiger partial charge in [-0.3, -0.25) is 9.89 Å². The van der Waals surface area contributed by atoms with Crippen molar-refractivity contribution in [2.24, 2.45) is 0 Å². The first-order chi connectivity index (χ1) is 7.61. The maximum atomic E-state index is 13.4. The highest BCUT2D eigenvalue weighted by Gasteiger charge is 2.15. The van der Waals surface area contributed by atoms with Gasteiger partial charge in [0.15, 0.2) is 0 Å². The minimum absolute atomic E-state index is 0.117. The minimum Gasteiger partial charge on any atom is -0.469 e. The van der Waals surface area contributed by atoms with Gasteiger partial charge in [0.05, 0.1) is 30.1 Å². The molecule has 0 saturated carbocycles. The number of aromatic amines is 1. The molecule has 0 aliphatic rings. The fourth-order valence-electron chi connectivity index (χ4n) is 1.48. The number of fused-ring (bicyclic) bond motifs is 1. The molecule has 1 heterocycles. The van der Waals surface area contributed by atoms with Crippen molar-refractivity contribution in [3.63, 3.8) is 0 Å². The van der Waals surface area contributed by atoms with E-state index in [2.05, 4.69) is 14.9 Å². The molecule has 0 fully saturated rings. The lowest BCUT2D eigenvalue weighted by Gasteiger charge is -1.97. The molecule has 0 atom stereocenters. The zero-order valence-electron chi connectivity index (χ0n) is 8.38. The highest BCUT2D eigenvalue weighted by molar-refractivity contribution is 5.86. The lowest BCUT2D eigenvalue weighted by atomic mass is 10.1. The largest absolute Gasteiger partial charge is 0.469 e. The maximum absolute atomic E-state index is 13.4. The average molecular weight is 226 g/mol. The standard InChI is InChI=1S/C10H8F2N2O2/c1-16-9(15)4-8-10-6(12)2-5(11)3-7(10)13-14-8/h2-3H,4H2,1H3,(H,13,14). The molecule has 0 bridgehead atoms. The smallest absolute Gasteiger partial charge is 0.311 e. The highest BCUT2D eigenvalue weighted by atomic mass is 19.1. The number of ether oxygens (including phenoxy) is 1. The molecule has 0 spiro atoms. The van der Waals surface area contributed by atoms with E-state index in [1.54, 1.807) is 0 Å². The normalized spacial score (nSPS) is 10.7. The molecule has 0 aliphatic heterocycles. The lowest BCUT2D eigenvalue weighted by molar-refractivity contribution is -0.139. The van der Waals surface area contributed by atoms with Gasteiger partial charge >= 0.3 is 5.97 Å². The first kappa shape index (κ1) is 10.5. The Kier molecular flexibility index (Phi) is 2.55. The quantitative estimate of drug-likeness (QED) is 0.790. The van der Waals surface area contributed by atoms with Crippen LogP contribution in [0.3, 0.4) is 0 Å². The highest BCUT2D eigenvalue weighted by Crippen LogP contribution is 2.21. The topological polar surface area (TPSA) is 55.0 Å². The molecule has 1 N–H and O–H groups in total. The molecule has 0 radical (unpaired) electrons. The number of methoxy groups -OCH3 is 1. The first-order valence-electron chi connectivity index (χ1n) is 4.50. The van der Waals surface area contributed by atoms with Crippen LogP contribution in [-0.4, -0.2) is 23.3 Å². The van der Waals surface area contributed by atoms with Crippen LogP contribution in [0.25, 0.3) is 10.9 Å². The summed E-state index contributed by atoms with van der Waals surface area (Å²) in [7, 11) is 1.23. The second kappa shape index (κ2) is 3.88. The van der Waals surface area contributed by atoms with Crippen molar-refractivity contribution >= 4 is 16.9 Å². The molecular formula is C10H8F2N2O2. The summed E-state index contributed by atoms with van der Waals surface area (Å²) in [5.74, 6) is -1.97. The Morgan fingerprint density at radius 3 is 2.94 bits per heavy atom. The molecule has 16 heavy (non-hydrogen) atoms. The van der Waals surface area contributed by atoms with Crippen molar-refractivity contribution in [2.45, 2.75) is 6.42 Å².